The van der Waals surface area contributed by atoms with Gasteiger partial charge in [0.2, 0.25) is 5.91 Å². The van der Waals surface area contributed by atoms with Crippen LogP contribution in [-0.2, 0) is 23.8 Å². The maximum atomic E-state index is 13.1. The summed E-state index contributed by atoms with van der Waals surface area (Å²) in [5.74, 6) is -0.529. The van der Waals surface area contributed by atoms with E-state index in [0.29, 0.717) is 41.9 Å². The van der Waals surface area contributed by atoms with Gasteiger partial charge in [-0.15, -0.1) is 0 Å². The number of aryl methyl sites for hydroxylation is 1. The fourth-order valence-corrected chi connectivity index (χ4v) is 4.09. The average Bonchev–Trinajstić information content (AvgIpc) is 3.16. The Kier molecular flexibility index (Phi) is 6.98. The van der Waals surface area contributed by atoms with Crippen LogP contribution in [0.15, 0.2) is 58.0 Å². The van der Waals surface area contributed by atoms with Gasteiger partial charge in [-0.1, -0.05) is 41.9 Å². The number of carbonyl (C=O) groups is 2. The van der Waals surface area contributed by atoms with Crippen LogP contribution in [0.1, 0.15) is 51.4 Å². The molecule has 6 nitrogen and oxygen atoms in total. The van der Waals surface area contributed by atoms with E-state index in [1.807, 2.05) is 30.3 Å². The van der Waals surface area contributed by atoms with Crippen molar-refractivity contribution in [3.63, 3.8) is 0 Å². The first kappa shape index (κ1) is 24.5. The van der Waals surface area contributed by atoms with Gasteiger partial charge in [0.15, 0.2) is 5.76 Å². The Morgan fingerprint density at radius 1 is 1.11 bits per heavy atom. The lowest BCUT2D eigenvalue weighted by molar-refractivity contribution is -0.137. The molecule has 1 aromatic heterocycles. The highest BCUT2D eigenvalue weighted by Crippen LogP contribution is 2.35. The number of nitrogens with one attached hydrogen (secondary N) is 2. The van der Waals surface area contributed by atoms with Gasteiger partial charge in [0, 0.05) is 17.5 Å². The number of furan rings is 1. The summed E-state index contributed by atoms with van der Waals surface area (Å²) >= 11 is 6.00. The summed E-state index contributed by atoms with van der Waals surface area (Å²) in [4.78, 5) is 25.2. The average molecular weight is 504 g/mol. The van der Waals surface area contributed by atoms with E-state index in [9.17, 15) is 22.8 Å². The third kappa shape index (κ3) is 5.57. The summed E-state index contributed by atoms with van der Waals surface area (Å²) in [5.41, 5.74) is 3.97. The van der Waals surface area contributed by atoms with Gasteiger partial charge < -0.3 is 9.73 Å². The standard InChI is InChI=1S/C25H21ClF3N3O3/c1-14-22-18(31-32-21(33)12-15-6-3-2-4-7-15)8-5-9-20(22)35-23(14)24(34)30-19-13-16(25(27,28)29)10-11-17(19)26/h2-4,6-7,10-11,13H,5,8-9,12H2,1H3,(H,30,34)(H,32,33)/b31-18+. The minimum Gasteiger partial charge on any atom is -0.455 e. The van der Waals surface area contributed by atoms with Crippen LogP contribution in [0.2, 0.25) is 5.02 Å². The number of hydrogen-bond donors (Lipinski definition) is 2. The monoisotopic (exact) mass is 503 g/mol. The lowest BCUT2D eigenvalue weighted by Gasteiger charge is -2.13. The minimum absolute atomic E-state index is 0.0382. The Morgan fingerprint density at radius 2 is 1.86 bits per heavy atom. The third-order valence-electron chi connectivity index (χ3n) is 5.60. The molecule has 4 rings (SSSR count). The van der Waals surface area contributed by atoms with Crippen LogP contribution >= 0.6 is 11.6 Å². The zero-order valence-corrected chi connectivity index (χ0v) is 19.4. The van der Waals surface area contributed by atoms with Gasteiger partial charge in [0.1, 0.15) is 5.76 Å². The van der Waals surface area contributed by atoms with E-state index in [1.165, 1.54) is 0 Å². The number of hydrazone groups is 1. The van der Waals surface area contributed by atoms with Crippen LogP contribution in [-0.4, -0.2) is 17.5 Å². The summed E-state index contributed by atoms with van der Waals surface area (Å²) < 4.78 is 44.9. The largest absolute Gasteiger partial charge is 0.455 e. The molecular weight excluding hydrogens is 483 g/mol. The second-order valence-corrected chi connectivity index (χ2v) is 8.52. The van der Waals surface area contributed by atoms with Crippen molar-refractivity contribution < 1.29 is 27.2 Å². The first-order valence-corrected chi connectivity index (χ1v) is 11.2. The highest BCUT2D eigenvalue weighted by Gasteiger charge is 2.32. The van der Waals surface area contributed by atoms with Crippen molar-refractivity contribution in [2.45, 2.75) is 38.8 Å². The molecule has 0 saturated carbocycles. The number of halogens is 4. The van der Waals surface area contributed by atoms with Crippen molar-refractivity contribution in [2.75, 3.05) is 5.32 Å². The molecule has 35 heavy (non-hydrogen) atoms. The third-order valence-corrected chi connectivity index (χ3v) is 5.93. The maximum absolute atomic E-state index is 13.1. The number of nitrogens with zero attached hydrogens (tertiary/aromatic N) is 1. The Hall–Kier alpha value is -3.59. The van der Waals surface area contributed by atoms with Crippen molar-refractivity contribution in [2.24, 2.45) is 5.10 Å². The van der Waals surface area contributed by atoms with Gasteiger partial charge in [-0.25, -0.2) is 5.43 Å². The summed E-state index contributed by atoms with van der Waals surface area (Å²) in [6.07, 6.45) is -2.58. The highest BCUT2D eigenvalue weighted by molar-refractivity contribution is 6.34. The zero-order chi connectivity index (χ0) is 25.2. The smallest absolute Gasteiger partial charge is 0.416 e. The fraction of sp³-hybridized carbons (Fsp3) is 0.240. The molecule has 182 valence electrons. The molecule has 1 heterocycles. The number of benzene rings is 2. The predicted octanol–water partition coefficient (Wildman–Crippen LogP) is 5.91. The second-order valence-electron chi connectivity index (χ2n) is 8.11. The van der Waals surface area contributed by atoms with E-state index in [4.69, 9.17) is 16.0 Å². The summed E-state index contributed by atoms with van der Waals surface area (Å²) in [6, 6.07) is 11.9. The first-order chi connectivity index (χ1) is 16.6. The molecule has 0 atom stereocenters. The molecule has 0 aliphatic heterocycles. The molecule has 10 heteroatoms. The van der Waals surface area contributed by atoms with Crippen LogP contribution < -0.4 is 10.7 Å². The van der Waals surface area contributed by atoms with E-state index in [-0.39, 0.29) is 28.8 Å². The van der Waals surface area contributed by atoms with Crippen LogP contribution in [0.4, 0.5) is 18.9 Å². The van der Waals surface area contributed by atoms with Gasteiger partial charge >= 0.3 is 6.18 Å². The number of carbonyl (C=O) groups excluding carboxylic acids is 2. The van der Waals surface area contributed by atoms with E-state index in [2.05, 4.69) is 15.8 Å². The van der Waals surface area contributed by atoms with Gasteiger partial charge in [-0.3, -0.25) is 9.59 Å². The van der Waals surface area contributed by atoms with Crippen molar-refractivity contribution >= 4 is 34.8 Å². The second kappa shape index (κ2) is 9.95. The van der Waals surface area contributed by atoms with Crippen molar-refractivity contribution in [3.8, 4) is 0 Å². The molecule has 0 fully saturated rings. The molecule has 0 radical (unpaired) electrons. The Balaban J connectivity index is 1.54. The van der Waals surface area contributed by atoms with Gasteiger partial charge in [-0.2, -0.15) is 18.3 Å². The minimum atomic E-state index is -4.58. The molecule has 0 unspecified atom stereocenters. The number of amides is 2. The molecule has 2 aromatic carbocycles. The topological polar surface area (TPSA) is 83.7 Å². The number of rotatable bonds is 5. The first-order valence-electron chi connectivity index (χ1n) is 10.8. The molecule has 0 saturated heterocycles. The van der Waals surface area contributed by atoms with Gasteiger partial charge in [-0.05, 0) is 43.5 Å². The predicted molar refractivity (Wildman–Crippen MR) is 126 cm³/mol. The van der Waals surface area contributed by atoms with Crippen LogP contribution in [0.3, 0.4) is 0 Å². The molecule has 3 aromatic rings. The molecule has 2 N–H and O–H groups in total. The zero-order valence-electron chi connectivity index (χ0n) is 18.6. The number of alkyl halides is 3. The van der Waals surface area contributed by atoms with Crippen molar-refractivity contribution in [3.05, 3.63) is 87.3 Å². The van der Waals surface area contributed by atoms with Crippen molar-refractivity contribution in [1.29, 1.82) is 0 Å². The Bertz CT molecular complexity index is 1300. The lowest BCUT2D eigenvalue weighted by Crippen LogP contribution is -2.23. The van der Waals surface area contributed by atoms with Gasteiger partial charge in [0.25, 0.3) is 5.91 Å². The molecule has 0 spiro atoms. The Morgan fingerprint density at radius 3 is 2.57 bits per heavy atom. The normalized spacial score (nSPS) is 14.5. The molecule has 2 amide bonds. The van der Waals surface area contributed by atoms with E-state index in [0.717, 1.165) is 23.8 Å². The summed E-state index contributed by atoms with van der Waals surface area (Å²) in [5, 5.41) is 6.64. The van der Waals surface area contributed by atoms with E-state index in [1.54, 1.807) is 6.92 Å². The van der Waals surface area contributed by atoms with E-state index < -0.39 is 17.6 Å². The summed E-state index contributed by atoms with van der Waals surface area (Å²) in [6.45, 7) is 1.66. The SMILES string of the molecule is Cc1c(C(=O)Nc2cc(C(F)(F)F)ccc2Cl)oc2c1/C(=N/NC(=O)Cc1ccccc1)CCC2. The van der Waals surface area contributed by atoms with Crippen molar-refractivity contribution in [1.82, 2.24) is 5.43 Å². The molecule has 0 bridgehead atoms. The molecular formula is C25H21ClF3N3O3. The van der Waals surface area contributed by atoms with Gasteiger partial charge in [0.05, 0.1) is 28.4 Å². The fourth-order valence-electron chi connectivity index (χ4n) is 3.92. The number of hydrogen-bond acceptors (Lipinski definition) is 4. The molecule has 1 aliphatic rings. The van der Waals surface area contributed by atoms with Crippen LogP contribution in [0.5, 0.6) is 0 Å². The molecule has 1 aliphatic carbocycles. The van der Waals surface area contributed by atoms with E-state index >= 15 is 0 Å². The number of fused-ring (bicyclic) bond motifs is 1. The number of anilines is 1. The maximum Gasteiger partial charge on any atom is 0.416 e. The summed E-state index contributed by atoms with van der Waals surface area (Å²) in [7, 11) is 0. The lowest BCUT2D eigenvalue weighted by atomic mass is 9.93. The highest BCUT2D eigenvalue weighted by atomic mass is 35.5. The van der Waals surface area contributed by atoms with Crippen LogP contribution in [0.25, 0.3) is 0 Å². The van der Waals surface area contributed by atoms with Crippen LogP contribution in [0, 0.1) is 6.92 Å². The quantitative estimate of drug-likeness (QED) is 0.424. The Labute approximate surface area is 204 Å².